The van der Waals surface area contributed by atoms with E-state index in [2.05, 4.69) is 27.4 Å². The molecule has 2 aromatic heterocycles. The SMILES string of the molecule is CCc1nc(NC(=O)N2CCCC[C@@H]2c2ccn[nH]2)sc1C. The molecule has 118 valence electrons. The standard InChI is InChI=1S/C15H21N5OS/c1-3-11-10(2)22-14(17-11)18-15(21)20-9-5-4-6-13(20)12-7-8-16-19-12/h7-8,13H,3-6,9H2,1-2H3,(H,16,19)(H,17,18,21)/t13-/m1/s1. The van der Waals surface area contributed by atoms with Crippen LogP contribution in [-0.2, 0) is 6.42 Å². The Morgan fingerprint density at radius 2 is 2.41 bits per heavy atom. The highest BCUT2D eigenvalue weighted by Crippen LogP contribution is 2.31. The summed E-state index contributed by atoms with van der Waals surface area (Å²) >= 11 is 1.54. The zero-order chi connectivity index (χ0) is 15.5. The van der Waals surface area contributed by atoms with Crippen LogP contribution in [0.3, 0.4) is 0 Å². The van der Waals surface area contributed by atoms with Crippen molar-refractivity contribution in [3.63, 3.8) is 0 Å². The van der Waals surface area contributed by atoms with Gasteiger partial charge in [0.15, 0.2) is 5.13 Å². The molecule has 0 aliphatic carbocycles. The van der Waals surface area contributed by atoms with Gasteiger partial charge in [0, 0.05) is 17.6 Å². The molecule has 1 fully saturated rings. The second-order valence-electron chi connectivity index (χ2n) is 5.52. The number of carbonyl (C=O) groups is 1. The van der Waals surface area contributed by atoms with Gasteiger partial charge >= 0.3 is 6.03 Å². The topological polar surface area (TPSA) is 73.9 Å². The Balaban J connectivity index is 1.74. The van der Waals surface area contributed by atoms with Gasteiger partial charge in [-0.2, -0.15) is 5.10 Å². The first-order valence-electron chi connectivity index (χ1n) is 7.72. The number of rotatable bonds is 3. The van der Waals surface area contributed by atoms with Crippen molar-refractivity contribution >= 4 is 22.5 Å². The number of hydrogen-bond acceptors (Lipinski definition) is 4. The summed E-state index contributed by atoms with van der Waals surface area (Å²) < 4.78 is 0. The smallest absolute Gasteiger partial charge is 0.316 e. The van der Waals surface area contributed by atoms with Crippen molar-refractivity contribution in [1.82, 2.24) is 20.1 Å². The Labute approximate surface area is 133 Å². The van der Waals surface area contributed by atoms with E-state index in [1.165, 1.54) is 4.88 Å². The highest BCUT2D eigenvalue weighted by Gasteiger charge is 2.29. The molecule has 0 radical (unpaired) electrons. The minimum absolute atomic E-state index is 0.0722. The predicted molar refractivity (Wildman–Crippen MR) is 87.1 cm³/mol. The lowest BCUT2D eigenvalue weighted by Crippen LogP contribution is -2.41. The van der Waals surface area contributed by atoms with Gasteiger partial charge in [-0.25, -0.2) is 9.78 Å². The van der Waals surface area contributed by atoms with Crippen molar-refractivity contribution < 1.29 is 4.79 Å². The molecule has 0 spiro atoms. The van der Waals surface area contributed by atoms with Crippen LogP contribution in [0.2, 0.25) is 0 Å². The number of H-pyrrole nitrogens is 1. The summed E-state index contributed by atoms with van der Waals surface area (Å²) in [4.78, 5) is 20.2. The predicted octanol–water partition coefficient (Wildman–Crippen LogP) is 3.50. The number of urea groups is 1. The fourth-order valence-electron chi connectivity index (χ4n) is 2.92. The van der Waals surface area contributed by atoms with E-state index in [-0.39, 0.29) is 12.1 Å². The summed E-state index contributed by atoms with van der Waals surface area (Å²) in [6.07, 6.45) is 5.75. The summed E-state index contributed by atoms with van der Waals surface area (Å²) in [6, 6.07) is 1.94. The number of carbonyl (C=O) groups excluding carboxylic acids is 1. The van der Waals surface area contributed by atoms with Crippen molar-refractivity contribution in [2.75, 3.05) is 11.9 Å². The summed E-state index contributed by atoms with van der Waals surface area (Å²) in [5.41, 5.74) is 2.06. The molecule has 7 heteroatoms. The van der Waals surface area contributed by atoms with E-state index in [4.69, 9.17) is 0 Å². The van der Waals surface area contributed by atoms with Gasteiger partial charge in [-0.3, -0.25) is 10.4 Å². The molecule has 3 heterocycles. The lowest BCUT2D eigenvalue weighted by atomic mass is 10.00. The number of piperidine rings is 1. The molecule has 0 bridgehead atoms. The van der Waals surface area contributed by atoms with Gasteiger partial charge in [-0.15, -0.1) is 11.3 Å². The maximum absolute atomic E-state index is 12.6. The third-order valence-electron chi connectivity index (χ3n) is 4.09. The number of aryl methyl sites for hydroxylation is 2. The van der Waals surface area contributed by atoms with Crippen LogP contribution in [0.1, 0.15) is 48.5 Å². The number of thiazole rings is 1. The molecule has 1 aliphatic rings. The Hall–Kier alpha value is -1.89. The van der Waals surface area contributed by atoms with E-state index >= 15 is 0 Å². The second kappa shape index (κ2) is 6.48. The molecule has 0 unspecified atom stereocenters. The van der Waals surface area contributed by atoms with E-state index in [0.29, 0.717) is 5.13 Å². The van der Waals surface area contributed by atoms with Crippen molar-refractivity contribution in [2.45, 2.75) is 45.6 Å². The number of nitrogens with zero attached hydrogens (tertiary/aromatic N) is 3. The van der Waals surface area contributed by atoms with E-state index in [9.17, 15) is 4.79 Å². The summed E-state index contributed by atoms with van der Waals surface area (Å²) in [5, 5.41) is 10.6. The zero-order valence-electron chi connectivity index (χ0n) is 12.9. The molecule has 6 nitrogen and oxygen atoms in total. The van der Waals surface area contributed by atoms with E-state index in [1.54, 1.807) is 17.5 Å². The number of hydrogen-bond donors (Lipinski definition) is 2. The first-order valence-corrected chi connectivity index (χ1v) is 8.54. The molecule has 1 aliphatic heterocycles. The largest absolute Gasteiger partial charge is 0.324 e. The maximum Gasteiger partial charge on any atom is 0.324 e. The third kappa shape index (κ3) is 2.99. The van der Waals surface area contributed by atoms with Gasteiger partial charge in [-0.05, 0) is 38.7 Å². The van der Waals surface area contributed by atoms with Gasteiger partial charge < -0.3 is 4.90 Å². The summed E-state index contributed by atoms with van der Waals surface area (Å²) in [7, 11) is 0. The quantitative estimate of drug-likeness (QED) is 0.909. The van der Waals surface area contributed by atoms with Crippen LogP contribution >= 0.6 is 11.3 Å². The summed E-state index contributed by atoms with van der Waals surface area (Å²) in [6.45, 7) is 4.88. The van der Waals surface area contributed by atoms with E-state index in [1.807, 2.05) is 17.9 Å². The molecule has 2 amide bonds. The number of aromatic nitrogens is 3. The van der Waals surface area contributed by atoms with Gasteiger partial charge in [0.1, 0.15) is 0 Å². The lowest BCUT2D eigenvalue weighted by molar-refractivity contribution is 0.161. The number of amides is 2. The Morgan fingerprint density at radius 3 is 3.09 bits per heavy atom. The fourth-order valence-corrected chi connectivity index (χ4v) is 3.81. The number of anilines is 1. The molecule has 22 heavy (non-hydrogen) atoms. The minimum atomic E-state index is -0.0734. The Kier molecular flexibility index (Phi) is 4.42. The molecule has 1 saturated heterocycles. The van der Waals surface area contributed by atoms with Gasteiger partial charge in [0.2, 0.25) is 0 Å². The Bertz CT molecular complexity index is 636. The van der Waals surface area contributed by atoms with Crippen molar-refractivity contribution in [2.24, 2.45) is 0 Å². The first-order chi connectivity index (χ1) is 10.7. The average Bonchev–Trinajstić information content (AvgIpc) is 3.17. The van der Waals surface area contributed by atoms with Crippen LogP contribution < -0.4 is 5.32 Å². The molecular formula is C15H21N5OS. The van der Waals surface area contributed by atoms with E-state index < -0.39 is 0 Å². The van der Waals surface area contributed by atoms with Crippen LogP contribution in [0.5, 0.6) is 0 Å². The van der Waals surface area contributed by atoms with Gasteiger partial charge in [-0.1, -0.05) is 6.92 Å². The Morgan fingerprint density at radius 1 is 1.55 bits per heavy atom. The van der Waals surface area contributed by atoms with Gasteiger partial charge in [0.05, 0.1) is 17.4 Å². The molecule has 2 N–H and O–H groups in total. The first kappa shape index (κ1) is 15.0. The molecule has 3 rings (SSSR count). The zero-order valence-corrected chi connectivity index (χ0v) is 13.7. The van der Waals surface area contributed by atoms with Crippen molar-refractivity contribution in [3.05, 3.63) is 28.5 Å². The van der Waals surface area contributed by atoms with Gasteiger partial charge in [0.25, 0.3) is 0 Å². The monoisotopic (exact) mass is 319 g/mol. The van der Waals surface area contributed by atoms with Crippen LogP contribution in [0, 0.1) is 6.92 Å². The minimum Gasteiger partial charge on any atom is -0.316 e. The molecular weight excluding hydrogens is 298 g/mol. The molecule has 0 saturated carbocycles. The number of aromatic amines is 1. The maximum atomic E-state index is 12.6. The highest BCUT2D eigenvalue weighted by molar-refractivity contribution is 7.15. The van der Waals surface area contributed by atoms with Crippen LogP contribution in [0.15, 0.2) is 12.3 Å². The van der Waals surface area contributed by atoms with E-state index in [0.717, 1.165) is 43.6 Å². The second-order valence-corrected chi connectivity index (χ2v) is 6.73. The van der Waals surface area contributed by atoms with Crippen LogP contribution in [0.4, 0.5) is 9.93 Å². The fraction of sp³-hybridized carbons (Fsp3) is 0.533. The molecule has 2 aromatic rings. The average molecular weight is 319 g/mol. The summed E-state index contributed by atoms with van der Waals surface area (Å²) in [5.74, 6) is 0. The van der Waals surface area contributed by atoms with Crippen LogP contribution in [-0.4, -0.2) is 32.7 Å². The van der Waals surface area contributed by atoms with Crippen LogP contribution in [0.25, 0.3) is 0 Å². The number of nitrogens with one attached hydrogen (secondary N) is 2. The normalized spacial score (nSPS) is 18.5. The van der Waals surface area contributed by atoms with Crippen molar-refractivity contribution in [3.8, 4) is 0 Å². The molecule has 1 atom stereocenters. The van der Waals surface area contributed by atoms with Crippen molar-refractivity contribution in [1.29, 1.82) is 0 Å². The molecule has 0 aromatic carbocycles. The number of likely N-dealkylation sites (tertiary alicyclic amines) is 1. The third-order valence-corrected chi connectivity index (χ3v) is 5.01. The highest BCUT2D eigenvalue weighted by atomic mass is 32.1. The lowest BCUT2D eigenvalue weighted by Gasteiger charge is -2.34.